The lowest BCUT2D eigenvalue weighted by Crippen LogP contribution is -1.92. The van der Waals surface area contributed by atoms with E-state index in [1.807, 2.05) is 31.2 Å². The van der Waals surface area contributed by atoms with E-state index in [0.29, 0.717) is 23.8 Å². The molecule has 3 nitrogen and oxygen atoms in total. The van der Waals surface area contributed by atoms with Crippen LogP contribution in [0.15, 0.2) is 46.9 Å². The normalized spacial score (nSPS) is 11.5. The number of fused-ring (bicyclic) bond motifs is 4. The summed E-state index contributed by atoms with van der Waals surface area (Å²) in [7, 11) is 0. The summed E-state index contributed by atoms with van der Waals surface area (Å²) >= 11 is 0. The minimum atomic E-state index is -0.278. The van der Waals surface area contributed by atoms with E-state index < -0.39 is 0 Å². The van der Waals surface area contributed by atoms with Gasteiger partial charge in [0, 0.05) is 16.3 Å². The number of rotatable bonds is 2. The summed E-state index contributed by atoms with van der Waals surface area (Å²) in [5.41, 5.74) is 2.20. The molecule has 0 fully saturated rings. The molecule has 2 heterocycles. The third-order valence-corrected chi connectivity index (χ3v) is 3.51. The van der Waals surface area contributed by atoms with E-state index in [0.717, 1.165) is 21.9 Å². The van der Waals surface area contributed by atoms with Gasteiger partial charge in [0.05, 0.1) is 12.1 Å². The third-order valence-electron chi connectivity index (χ3n) is 3.51. The fraction of sp³-hybridized carbons (Fsp3) is 0.118. The topological polar surface area (TPSA) is 35.3 Å². The predicted molar refractivity (Wildman–Crippen MR) is 79.3 cm³/mol. The fourth-order valence-electron chi connectivity index (χ4n) is 2.60. The van der Waals surface area contributed by atoms with Crippen molar-refractivity contribution >= 4 is 21.9 Å². The molecular weight excluding hydrogens is 269 g/mol. The van der Waals surface area contributed by atoms with Gasteiger partial charge < -0.3 is 9.15 Å². The quantitative estimate of drug-likeness (QED) is 0.537. The van der Waals surface area contributed by atoms with Gasteiger partial charge in [-0.05, 0) is 37.3 Å². The van der Waals surface area contributed by atoms with Crippen molar-refractivity contribution in [2.24, 2.45) is 0 Å². The molecule has 0 N–H and O–H groups in total. The van der Waals surface area contributed by atoms with Gasteiger partial charge >= 0.3 is 0 Å². The van der Waals surface area contributed by atoms with Crippen LogP contribution in [-0.2, 0) is 0 Å². The Bertz CT molecular complexity index is 929. The van der Waals surface area contributed by atoms with Gasteiger partial charge in [0.15, 0.2) is 11.3 Å². The third kappa shape index (κ3) is 1.83. The maximum atomic E-state index is 13.4. The standard InChI is InChI=1S/C17H12FNO2/c1-2-20-15-5-3-4-10-8-13-12-9-11(18)6-7-14(12)19-17(13)21-16(10)15/h3-9H,2H2,1H3. The summed E-state index contributed by atoms with van der Waals surface area (Å²) in [5.74, 6) is 0.908. The molecule has 0 bridgehead atoms. The Morgan fingerprint density at radius 1 is 1.19 bits per heavy atom. The van der Waals surface area contributed by atoms with E-state index in [1.165, 1.54) is 12.1 Å². The van der Waals surface area contributed by atoms with E-state index in [9.17, 15) is 4.39 Å². The summed E-state index contributed by atoms with van der Waals surface area (Å²) in [6.07, 6.45) is 0. The van der Waals surface area contributed by atoms with Gasteiger partial charge in [-0.1, -0.05) is 12.1 Å². The second-order valence-electron chi connectivity index (χ2n) is 4.85. The van der Waals surface area contributed by atoms with Gasteiger partial charge in [-0.15, -0.1) is 0 Å². The Balaban J connectivity index is 2.09. The largest absolute Gasteiger partial charge is 0.490 e. The highest BCUT2D eigenvalue weighted by molar-refractivity contribution is 6.00. The van der Waals surface area contributed by atoms with Crippen LogP contribution in [-0.4, -0.2) is 11.6 Å². The van der Waals surface area contributed by atoms with Gasteiger partial charge in [0.2, 0.25) is 5.89 Å². The molecule has 0 unspecified atom stereocenters. The molecule has 2 aromatic carbocycles. The first-order chi connectivity index (χ1) is 10.3. The molecule has 0 aliphatic carbocycles. The van der Waals surface area contributed by atoms with Crippen molar-refractivity contribution in [2.75, 3.05) is 6.61 Å². The van der Waals surface area contributed by atoms with Gasteiger partial charge in [-0.2, -0.15) is 0 Å². The maximum absolute atomic E-state index is 13.4. The van der Waals surface area contributed by atoms with E-state index in [1.54, 1.807) is 6.07 Å². The summed E-state index contributed by atoms with van der Waals surface area (Å²) in [4.78, 5) is 4.42. The molecular formula is C17H12FNO2. The molecule has 0 radical (unpaired) electrons. The van der Waals surface area contributed by atoms with Crippen LogP contribution in [0.2, 0.25) is 0 Å². The number of hydrogen-bond donors (Lipinski definition) is 0. The highest BCUT2D eigenvalue weighted by Gasteiger charge is 2.17. The van der Waals surface area contributed by atoms with Crippen molar-refractivity contribution in [1.29, 1.82) is 0 Å². The smallest absolute Gasteiger partial charge is 0.228 e. The summed E-state index contributed by atoms with van der Waals surface area (Å²) in [5, 5.41) is 1.67. The van der Waals surface area contributed by atoms with Crippen LogP contribution >= 0.6 is 0 Å². The number of halogens is 1. The first kappa shape index (κ1) is 12.1. The van der Waals surface area contributed by atoms with Crippen molar-refractivity contribution in [1.82, 2.24) is 4.98 Å². The summed E-state index contributed by atoms with van der Waals surface area (Å²) in [6, 6.07) is 12.2. The fourth-order valence-corrected chi connectivity index (χ4v) is 2.60. The van der Waals surface area contributed by atoms with E-state index in [4.69, 9.17) is 9.15 Å². The predicted octanol–water partition coefficient (Wildman–Crippen LogP) is 4.62. The molecule has 4 heteroatoms. The van der Waals surface area contributed by atoms with E-state index >= 15 is 0 Å². The van der Waals surface area contributed by atoms with Crippen LogP contribution in [0.25, 0.3) is 33.3 Å². The number of ether oxygens (including phenoxy) is 1. The SMILES string of the molecule is CCOc1cccc2cc3c4cc(F)ccc4nc-3oc12. The van der Waals surface area contributed by atoms with Crippen molar-refractivity contribution < 1.29 is 13.5 Å². The average Bonchev–Trinajstić information content (AvgIpc) is 2.83. The molecule has 0 aromatic heterocycles. The molecule has 2 aromatic rings. The van der Waals surface area contributed by atoms with Crippen molar-refractivity contribution in [3.63, 3.8) is 0 Å². The highest BCUT2D eigenvalue weighted by Crippen LogP contribution is 2.37. The van der Waals surface area contributed by atoms with Gasteiger partial charge in [0.1, 0.15) is 5.82 Å². The maximum Gasteiger partial charge on any atom is 0.228 e. The molecule has 104 valence electrons. The summed E-state index contributed by atoms with van der Waals surface area (Å²) < 4.78 is 24.9. The monoisotopic (exact) mass is 281 g/mol. The highest BCUT2D eigenvalue weighted by atomic mass is 19.1. The minimum Gasteiger partial charge on any atom is -0.490 e. The molecule has 0 saturated carbocycles. The van der Waals surface area contributed by atoms with Crippen LogP contribution in [0.4, 0.5) is 4.39 Å². The lowest BCUT2D eigenvalue weighted by Gasteiger charge is -2.08. The van der Waals surface area contributed by atoms with Crippen molar-refractivity contribution in [3.05, 3.63) is 48.3 Å². The Kier molecular flexibility index (Phi) is 2.57. The molecule has 21 heavy (non-hydrogen) atoms. The van der Waals surface area contributed by atoms with Crippen LogP contribution in [0.5, 0.6) is 5.75 Å². The Hall–Kier alpha value is -2.62. The van der Waals surface area contributed by atoms with Crippen LogP contribution in [0.1, 0.15) is 6.92 Å². The molecule has 0 atom stereocenters. The van der Waals surface area contributed by atoms with Gasteiger partial charge in [-0.25, -0.2) is 9.37 Å². The lowest BCUT2D eigenvalue weighted by atomic mass is 10.1. The average molecular weight is 281 g/mol. The minimum absolute atomic E-state index is 0.278. The first-order valence-corrected chi connectivity index (χ1v) is 6.80. The second kappa shape index (κ2) is 4.45. The van der Waals surface area contributed by atoms with Crippen LogP contribution in [0, 0.1) is 5.82 Å². The zero-order valence-corrected chi connectivity index (χ0v) is 11.4. The number of aromatic nitrogens is 1. The molecule has 0 amide bonds. The lowest BCUT2D eigenvalue weighted by molar-refractivity contribution is 0.338. The number of nitrogens with zero attached hydrogens (tertiary/aromatic N) is 1. The number of benzene rings is 2. The van der Waals surface area contributed by atoms with Crippen LogP contribution in [0.3, 0.4) is 0 Å². The first-order valence-electron chi connectivity index (χ1n) is 6.80. The van der Waals surface area contributed by atoms with Gasteiger partial charge in [-0.3, -0.25) is 0 Å². The number of para-hydroxylation sites is 1. The van der Waals surface area contributed by atoms with E-state index in [-0.39, 0.29) is 5.82 Å². The summed E-state index contributed by atoms with van der Waals surface area (Å²) in [6.45, 7) is 2.49. The van der Waals surface area contributed by atoms with Crippen molar-refractivity contribution in [2.45, 2.75) is 6.92 Å². The number of hydrogen-bond acceptors (Lipinski definition) is 3. The Morgan fingerprint density at radius 2 is 2.10 bits per heavy atom. The zero-order chi connectivity index (χ0) is 14.4. The zero-order valence-electron chi connectivity index (χ0n) is 11.4. The molecule has 0 saturated heterocycles. The Labute approximate surface area is 120 Å². The van der Waals surface area contributed by atoms with Crippen molar-refractivity contribution in [3.8, 4) is 17.2 Å². The second-order valence-corrected chi connectivity index (χ2v) is 4.85. The molecule has 0 spiro atoms. The molecule has 2 aliphatic heterocycles. The Morgan fingerprint density at radius 3 is 2.95 bits per heavy atom. The van der Waals surface area contributed by atoms with Gasteiger partial charge in [0.25, 0.3) is 0 Å². The molecule has 2 aliphatic rings. The van der Waals surface area contributed by atoms with Crippen LogP contribution < -0.4 is 4.74 Å². The molecule has 4 rings (SSSR count). The van der Waals surface area contributed by atoms with E-state index in [2.05, 4.69) is 4.98 Å².